The molecule has 3 saturated heterocycles. The molecule has 3 rings (SSSR count). The molecule has 3 aliphatic heterocycles. The van der Waals surface area contributed by atoms with Crippen LogP contribution in [0.1, 0.15) is 38.5 Å². The van der Waals surface area contributed by atoms with E-state index in [0.29, 0.717) is 0 Å². The van der Waals surface area contributed by atoms with Crippen LogP contribution in [0.25, 0.3) is 0 Å². The number of piperazine rings is 1. The number of rotatable bonds is 3. The first-order valence-corrected chi connectivity index (χ1v) is 7.61. The number of hydrogen-bond donors (Lipinski definition) is 1. The summed E-state index contributed by atoms with van der Waals surface area (Å²) in [5.41, 5.74) is 0. The number of nitrogens with zero attached hydrogens (tertiary/aromatic N) is 2. The van der Waals surface area contributed by atoms with Gasteiger partial charge in [0, 0.05) is 31.7 Å². The van der Waals surface area contributed by atoms with Crippen molar-refractivity contribution in [3.63, 3.8) is 0 Å². The molecule has 0 saturated carbocycles. The predicted molar refractivity (Wildman–Crippen MR) is 71.3 cm³/mol. The summed E-state index contributed by atoms with van der Waals surface area (Å²) in [6.07, 6.45) is 8.47. The third-order valence-corrected chi connectivity index (χ3v) is 4.88. The van der Waals surface area contributed by atoms with Gasteiger partial charge in [-0.25, -0.2) is 0 Å². The topological polar surface area (TPSA) is 18.5 Å². The highest BCUT2D eigenvalue weighted by Gasteiger charge is 2.30. The van der Waals surface area contributed by atoms with Gasteiger partial charge in [0.25, 0.3) is 0 Å². The molecule has 2 atom stereocenters. The Morgan fingerprint density at radius 1 is 1.00 bits per heavy atom. The average Bonchev–Trinajstić information content (AvgIpc) is 2.85. The molecule has 0 aromatic heterocycles. The Balaban J connectivity index is 1.40. The van der Waals surface area contributed by atoms with Crippen LogP contribution in [0.2, 0.25) is 0 Å². The van der Waals surface area contributed by atoms with Gasteiger partial charge in [-0.15, -0.1) is 0 Å². The van der Waals surface area contributed by atoms with Crippen LogP contribution in [0.3, 0.4) is 0 Å². The van der Waals surface area contributed by atoms with E-state index in [1.165, 1.54) is 77.8 Å². The van der Waals surface area contributed by atoms with Gasteiger partial charge in [0.1, 0.15) is 0 Å². The minimum atomic E-state index is 0.811. The molecule has 0 aromatic carbocycles. The molecular weight excluding hydrogens is 210 g/mol. The lowest BCUT2D eigenvalue weighted by Gasteiger charge is -2.38. The number of hydrogen-bond acceptors (Lipinski definition) is 3. The minimum absolute atomic E-state index is 0.811. The maximum absolute atomic E-state index is 3.67. The van der Waals surface area contributed by atoms with Gasteiger partial charge in [-0.2, -0.15) is 0 Å². The second-order valence-corrected chi connectivity index (χ2v) is 6.07. The maximum Gasteiger partial charge on any atom is 0.0224 e. The van der Waals surface area contributed by atoms with Gasteiger partial charge in [0.15, 0.2) is 0 Å². The summed E-state index contributed by atoms with van der Waals surface area (Å²) in [5.74, 6) is 0. The third kappa shape index (κ3) is 3.01. The molecule has 3 aliphatic rings. The van der Waals surface area contributed by atoms with Gasteiger partial charge in [-0.3, -0.25) is 4.90 Å². The number of piperidine rings is 1. The lowest BCUT2D eigenvalue weighted by atomic mass is 10.0. The van der Waals surface area contributed by atoms with Crippen molar-refractivity contribution in [1.82, 2.24) is 15.1 Å². The van der Waals surface area contributed by atoms with Crippen LogP contribution in [0.15, 0.2) is 0 Å². The summed E-state index contributed by atoms with van der Waals surface area (Å²) in [7, 11) is 0. The van der Waals surface area contributed by atoms with E-state index in [4.69, 9.17) is 0 Å². The molecular formula is C14H27N3. The van der Waals surface area contributed by atoms with E-state index in [1.807, 2.05) is 0 Å². The van der Waals surface area contributed by atoms with E-state index in [1.54, 1.807) is 0 Å². The fraction of sp³-hybridized carbons (Fsp3) is 1.00. The van der Waals surface area contributed by atoms with E-state index >= 15 is 0 Å². The van der Waals surface area contributed by atoms with E-state index in [0.717, 1.165) is 12.1 Å². The van der Waals surface area contributed by atoms with Gasteiger partial charge in [0.2, 0.25) is 0 Å². The summed E-state index contributed by atoms with van der Waals surface area (Å²) < 4.78 is 0. The van der Waals surface area contributed by atoms with Gasteiger partial charge in [0.05, 0.1) is 0 Å². The molecule has 3 nitrogen and oxygen atoms in total. The second-order valence-electron chi connectivity index (χ2n) is 6.07. The first-order valence-electron chi connectivity index (χ1n) is 7.61. The Morgan fingerprint density at radius 3 is 2.88 bits per heavy atom. The first-order chi connectivity index (χ1) is 8.42. The van der Waals surface area contributed by atoms with Crippen LogP contribution in [-0.4, -0.2) is 61.2 Å². The molecule has 0 aromatic rings. The van der Waals surface area contributed by atoms with Crippen LogP contribution in [0.5, 0.6) is 0 Å². The molecule has 0 aliphatic carbocycles. The summed E-state index contributed by atoms with van der Waals surface area (Å²) in [5, 5.41) is 3.67. The molecule has 0 amide bonds. The summed E-state index contributed by atoms with van der Waals surface area (Å²) >= 11 is 0. The SMILES string of the molecule is C1CCC(CCN2CCN3CCCC3C2)NC1. The van der Waals surface area contributed by atoms with Crippen LogP contribution in [0.4, 0.5) is 0 Å². The lowest BCUT2D eigenvalue weighted by molar-refractivity contribution is 0.100. The predicted octanol–water partition coefficient (Wildman–Crippen LogP) is 1.30. The number of nitrogens with one attached hydrogen (secondary N) is 1. The van der Waals surface area contributed by atoms with Crippen LogP contribution < -0.4 is 5.32 Å². The molecule has 0 spiro atoms. The standard InChI is InChI=1S/C14H27N3/c1-2-7-15-13(4-1)6-9-16-10-11-17-8-3-5-14(17)12-16/h13-15H,1-12H2. The van der Waals surface area contributed by atoms with E-state index in [-0.39, 0.29) is 0 Å². The monoisotopic (exact) mass is 237 g/mol. The summed E-state index contributed by atoms with van der Waals surface area (Å²) in [6.45, 7) is 7.91. The highest BCUT2D eigenvalue weighted by molar-refractivity contribution is 4.87. The van der Waals surface area contributed by atoms with Crippen LogP contribution in [-0.2, 0) is 0 Å². The molecule has 98 valence electrons. The first kappa shape index (κ1) is 11.9. The Morgan fingerprint density at radius 2 is 2.00 bits per heavy atom. The Labute approximate surface area is 106 Å². The zero-order valence-corrected chi connectivity index (χ0v) is 11.0. The smallest absolute Gasteiger partial charge is 0.0224 e. The van der Waals surface area contributed by atoms with Crippen LogP contribution in [0, 0.1) is 0 Å². The van der Waals surface area contributed by atoms with E-state index in [9.17, 15) is 0 Å². The van der Waals surface area contributed by atoms with Crippen molar-refractivity contribution < 1.29 is 0 Å². The molecule has 3 heteroatoms. The van der Waals surface area contributed by atoms with Gasteiger partial charge in [-0.1, -0.05) is 6.42 Å². The number of fused-ring (bicyclic) bond motifs is 1. The van der Waals surface area contributed by atoms with Crippen molar-refractivity contribution in [3.05, 3.63) is 0 Å². The Hall–Kier alpha value is -0.120. The van der Waals surface area contributed by atoms with Crippen molar-refractivity contribution in [3.8, 4) is 0 Å². The fourth-order valence-electron chi connectivity index (χ4n) is 3.77. The third-order valence-electron chi connectivity index (χ3n) is 4.88. The zero-order chi connectivity index (χ0) is 11.5. The van der Waals surface area contributed by atoms with Crippen molar-refractivity contribution in [2.75, 3.05) is 39.3 Å². The molecule has 3 heterocycles. The van der Waals surface area contributed by atoms with E-state index < -0.39 is 0 Å². The average molecular weight is 237 g/mol. The second kappa shape index (κ2) is 5.68. The molecule has 1 N–H and O–H groups in total. The largest absolute Gasteiger partial charge is 0.314 e. The Kier molecular flexibility index (Phi) is 3.99. The summed E-state index contributed by atoms with van der Waals surface area (Å²) in [6, 6.07) is 1.70. The fourth-order valence-corrected chi connectivity index (χ4v) is 3.77. The molecule has 3 fully saturated rings. The van der Waals surface area contributed by atoms with Crippen molar-refractivity contribution >= 4 is 0 Å². The molecule has 17 heavy (non-hydrogen) atoms. The Bertz CT molecular complexity index is 238. The van der Waals surface area contributed by atoms with Gasteiger partial charge >= 0.3 is 0 Å². The van der Waals surface area contributed by atoms with Gasteiger partial charge in [-0.05, 0) is 51.7 Å². The highest BCUT2D eigenvalue weighted by Crippen LogP contribution is 2.21. The van der Waals surface area contributed by atoms with Gasteiger partial charge < -0.3 is 10.2 Å². The molecule has 0 bridgehead atoms. The van der Waals surface area contributed by atoms with E-state index in [2.05, 4.69) is 15.1 Å². The van der Waals surface area contributed by atoms with Crippen LogP contribution >= 0.6 is 0 Å². The molecule has 2 unspecified atom stereocenters. The van der Waals surface area contributed by atoms with Crippen molar-refractivity contribution in [2.45, 2.75) is 50.6 Å². The highest BCUT2D eigenvalue weighted by atomic mass is 15.3. The minimum Gasteiger partial charge on any atom is -0.314 e. The summed E-state index contributed by atoms with van der Waals surface area (Å²) in [4.78, 5) is 5.41. The normalized spacial score (nSPS) is 36.0. The van der Waals surface area contributed by atoms with Crippen molar-refractivity contribution in [1.29, 1.82) is 0 Å². The quantitative estimate of drug-likeness (QED) is 0.798. The zero-order valence-electron chi connectivity index (χ0n) is 11.0. The van der Waals surface area contributed by atoms with Crippen molar-refractivity contribution in [2.24, 2.45) is 0 Å². The molecule has 0 radical (unpaired) electrons. The maximum atomic E-state index is 3.67. The lowest BCUT2D eigenvalue weighted by Crippen LogP contribution is -2.51.